The molecule has 5 rings (SSSR count). The number of ether oxygens (including phenoxy) is 23. The van der Waals surface area contributed by atoms with Gasteiger partial charge in [0.2, 0.25) is 23.5 Å². The number of piperidine rings is 1. The predicted molar refractivity (Wildman–Crippen MR) is 372 cm³/mol. The van der Waals surface area contributed by atoms with Crippen molar-refractivity contribution in [2.24, 2.45) is 5.92 Å². The summed E-state index contributed by atoms with van der Waals surface area (Å²) in [5.74, 6) is -7.77. The summed E-state index contributed by atoms with van der Waals surface area (Å²) in [6.07, 6.45) is -12.9. The van der Waals surface area contributed by atoms with Crippen molar-refractivity contribution in [2.45, 2.75) is 188 Å². The highest BCUT2D eigenvalue weighted by Gasteiger charge is 2.53. The van der Waals surface area contributed by atoms with Crippen LogP contribution in [0.4, 0.5) is 0 Å². The molecule has 4 aliphatic rings. The second-order valence-electron chi connectivity index (χ2n) is 25.6. The summed E-state index contributed by atoms with van der Waals surface area (Å²) < 4.78 is 133. The van der Waals surface area contributed by atoms with Crippen molar-refractivity contribution in [1.82, 2.24) is 20.9 Å². The maximum atomic E-state index is 14.2. The van der Waals surface area contributed by atoms with Crippen LogP contribution in [-0.4, -0.2) is 325 Å². The summed E-state index contributed by atoms with van der Waals surface area (Å²) in [6.45, 7) is 13.9. The van der Waals surface area contributed by atoms with Crippen molar-refractivity contribution in [3.8, 4) is 17.2 Å². The minimum Gasteiger partial charge on any atom is -0.487 e. The standard InChI is InChI=1S/C71H108N4O36/c1-40-56(37-101-44(5)79)109-69(59(72-41(2)76)62(40)104-47(8)82)98-32-26-92-20-17-89-23-29-95-54-35-52(68(88)75-15-13-53(87)14-16-75)36-55(96-30-24-90-18-21-93-27-33-99-70-60(73-42(3)77)66(107-50(11)85)64(105-48(9)83)57(110-70)38-102-45(6)80)63(54)97-31-25-91-19-22-94-28-34-100-71-61(74-43(4)78)67(108-51(12)86)65(106-49(10)84)58(111-71)39-103-46(7)81/h35-36,40,53,56-62,64-67,69-71,87H,13-34,37-39H2,1-12H3,(H,72,76)(H,73,77)(H,74,78)/t40-,56+,57+,58+,59+,60+,61+,62-,64-,65-,66+,67+,69+,70+,71+/m0/s1. The van der Waals surface area contributed by atoms with Gasteiger partial charge in [-0.2, -0.15) is 0 Å². The van der Waals surface area contributed by atoms with Crippen LogP contribution >= 0.6 is 0 Å². The first-order valence-corrected chi connectivity index (χ1v) is 36.3. The summed E-state index contributed by atoms with van der Waals surface area (Å²) in [5, 5.41) is 18.3. The lowest BCUT2D eigenvalue weighted by atomic mass is 9.89. The molecule has 4 heterocycles. The van der Waals surface area contributed by atoms with Crippen LogP contribution in [0.5, 0.6) is 17.2 Å². The van der Waals surface area contributed by atoms with Gasteiger partial charge in [-0.3, -0.25) is 57.5 Å². The van der Waals surface area contributed by atoms with E-state index in [2.05, 4.69) is 16.0 Å². The second-order valence-corrected chi connectivity index (χ2v) is 25.6. The van der Waals surface area contributed by atoms with E-state index in [1.807, 2.05) is 0 Å². The number of hydrogen-bond donors (Lipinski definition) is 4. The number of hydrogen-bond acceptors (Lipinski definition) is 36. The molecule has 0 radical (unpaired) electrons. The second kappa shape index (κ2) is 50.0. The first kappa shape index (κ1) is 93.3. The molecule has 0 spiro atoms. The van der Waals surface area contributed by atoms with Gasteiger partial charge in [0.15, 0.2) is 54.8 Å². The van der Waals surface area contributed by atoms with Crippen LogP contribution < -0.4 is 30.2 Å². The van der Waals surface area contributed by atoms with E-state index < -0.39 is 177 Å². The Morgan fingerprint density at radius 3 is 1.00 bits per heavy atom. The van der Waals surface area contributed by atoms with E-state index in [-0.39, 0.29) is 167 Å². The summed E-state index contributed by atoms with van der Waals surface area (Å²) in [7, 11) is 0. The molecule has 4 aliphatic heterocycles. The topological polar surface area (TPSA) is 477 Å². The summed E-state index contributed by atoms with van der Waals surface area (Å²) in [6, 6.07) is -0.296. The maximum absolute atomic E-state index is 14.2. The minimum absolute atomic E-state index is 0.00577. The van der Waals surface area contributed by atoms with Crippen LogP contribution in [0.2, 0.25) is 0 Å². The van der Waals surface area contributed by atoms with E-state index in [9.17, 15) is 62.6 Å². The van der Waals surface area contributed by atoms with Crippen LogP contribution in [-0.2, 0) is 147 Å². The van der Waals surface area contributed by atoms with Crippen LogP contribution in [0.3, 0.4) is 0 Å². The monoisotopic (exact) mass is 1590 g/mol. The first-order chi connectivity index (χ1) is 52.9. The van der Waals surface area contributed by atoms with Crippen molar-refractivity contribution in [2.75, 3.05) is 152 Å². The maximum Gasteiger partial charge on any atom is 0.303 e. The third kappa shape index (κ3) is 34.3. The number of carbonyl (C=O) groups excluding carboxylic acids is 12. The third-order valence-electron chi connectivity index (χ3n) is 16.4. The van der Waals surface area contributed by atoms with E-state index in [4.69, 9.17) is 109 Å². The van der Waals surface area contributed by atoms with Crippen molar-refractivity contribution >= 4 is 71.4 Å². The molecule has 1 aromatic rings. The van der Waals surface area contributed by atoms with E-state index in [1.165, 1.54) is 46.8 Å². The van der Waals surface area contributed by atoms with Crippen LogP contribution in [0.1, 0.15) is 106 Å². The summed E-state index contributed by atoms with van der Waals surface area (Å²) in [5.41, 5.74) is 0.165. The van der Waals surface area contributed by atoms with Crippen molar-refractivity contribution < 1.29 is 172 Å². The molecule has 628 valence electrons. The van der Waals surface area contributed by atoms with E-state index >= 15 is 0 Å². The number of amides is 4. The quantitative estimate of drug-likeness (QED) is 0.0354. The lowest BCUT2D eigenvalue weighted by Gasteiger charge is -2.44. The Bertz CT molecular complexity index is 3140. The largest absolute Gasteiger partial charge is 0.487 e. The Balaban J connectivity index is 1.23. The fourth-order valence-electron chi connectivity index (χ4n) is 11.8. The average Bonchev–Trinajstić information content (AvgIpc) is 0.786. The van der Waals surface area contributed by atoms with Crippen molar-refractivity contribution in [1.29, 1.82) is 0 Å². The molecule has 4 saturated heterocycles. The Morgan fingerprint density at radius 1 is 0.378 bits per heavy atom. The van der Waals surface area contributed by atoms with E-state index in [1.54, 1.807) is 11.8 Å². The third-order valence-corrected chi connectivity index (χ3v) is 16.4. The van der Waals surface area contributed by atoms with Crippen LogP contribution in [0, 0.1) is 5.92 Å². The number of nitrogens with zero attached hydrogens (tertiary/aromatic N) is 1. The van der Waals surface area contributed by atoms with Gasteiger partial charge in [-0.1, -0.05) is 6.92 Å². The fraction of sp³-hybridized carbons (Fsp3) is 0.746. The molecule has 4 N–H and O–H groups in total. The van der Waals surface area contributed by atoms with E-state index in [0.717, 1.165) is 41.5 Å². The SMILES string of the molecule is CC(=O)N[C@H]1[C@H](OCCOCCOCCOc2cc(C(=O)N3CCC(O)CC3)cc(OCCOCCOCCO[C@@H]3O[C@H](COC(C)=O)[C@H](C)[C@H](OC(C)=O)[C@H]3NC(C)=O)c2OCCOCCOCCO[C@@H]2O[C@H](COC(C)=O)[C@H](OC(C)=O)[C@H](OC(C)=O)[C@H]2NC(C)=O)O[C@H](COC(C)=O)[C@H](OC(C)=O)[C@@H]1OC(C)=O. The Morgan fingerprint density at radius 2 is 0.667 bits per heavy atom. The molecule has 4 fully saturated rings. The van der Waals surface area contributed by atoms with E-state index in [0.29, 0.717) is 12.8 Å². The molecule has 0 bridgehead atoms. The van der Waals surface area contributed by atoms with Gasteiger partial charge in [-0.25, -0.2) is 0 Å². The van der Waals surface area contributed by atoms with Gasteiger partial charge >= 0.3 is 47.8 Å². The lowest BCUT2D eigenvalue weighted by Crippen LogP contribution is -2.66. The number of benzene rings is 1. The van der Waals surface area contributed by atoms with Crippen LogP contribution in [0.15, 0.2) is 12.1 Å². The molecule has 4 amide bonds. The van der Waals surface area contributed by atoms with Gasteiger partial charge in [0, 0.05) is 101 Å². The molecule has 40 nitrogen and oxygen atoms in total. The molecule has 15 atom stereocenters. The fourth-order valence-corrected chi connectivity index (χ4v) is 11.8. The van der Waals surface area contributed by atoms with Gasteiger partial charge in [-0.15, -0.1) is 0 Å². The van der Waals surface area contributed by atoms with Gasteiger partial charge in [-0.05, 0) is 25.0 Å². The Hall–Kier alpha value is -8.26. The van der Waals surface area contributed by atoms with Gasteiger partial charge in [0.05, 0.1) is 105 Å². The molecule has 1 aromatic carbocycles. The Labute approximate surface area is 642 Å². The zero-order valence-electron chi connectivity index (χ0n) is 64.8. The number of esters is 8. The number of nitrogens with one attached hydrogen (secondary N) is 3. The highest BCUT2D eigenvalue weighted by atomic mass is 16.7. The number of aliphatic hydroxyl groups excluding tert-OH is 1. The lowest BCUT2D eigenvalue weighted by molar-refractivity contribution is -0.279. The minimum atomic E-state index is -1.32. The average molecular weight is 1590 g/mol. The zero-order valence-corrected chi connectivity index (χ0v) is 64.8. The predicted octanol–water partition coefficient (Wildman–Crippen LogP) is -0.758. The van der Waals surface area contributed by atoms with Crippen LogP contribution in [0.25, 0.3) is 0 Å². The zero-order chi connectivity index (χ0) is 81.5. The molecular weight excluding hydrogens is 1480 g/mol. The highest BCUT2D eigenvalue weighted by Crippen LogP contribution is 2.40. The first-order valence-electron chi connectivity index (χ1n) is 36.3. The number of carbonyl (C=O) groups is 12. The van der Waals surface area contributed by atoms with Crippen molar-refractivity contribution in [3.05, 3.63) is 17.7 Å². The number of rotatable bonds is 48. The molecule has 0 aliphatic carbocycles. The Kier molecular flexibility index (Phi) is 42.0. The smallest absolute Gasteiger partial charge is 0.303 e. The summed E-state index contributed by atoms with van der Waals surface area (Å²) >= 11 is 0. The molecule has 40 heteroatoms. The van der Waals surface area contributed by atoms with Gasteiger partial charge in [0.25, 0.3) is 5.91 Å². The van der Waals surface area contributed by atoms with Crippen molar-refractivity contribution in [3.63, 3.8) is 0 Å². The summed E-state index contributed by atoms with van der Waals surface area (Å²) in [4.78, 5) is 149. The molecule has 0 saturated carbocycles. The van der Waals surface area contributed by atoms with Gasteiger partial charge < -0.3 is 135 Å². The number of aliphatic hydroxyl groups is 1. The molecule has 0 unspecified atom stereocenters. The highest BCUT2D eigenvalue weighted by molar-refractivity contribution is 5.96. The molecule has 111 heavy (non-hydrogen) atoms. The molecular formula is C71H108N4O36. The normalized spacial score (nSPS) is 24.5. The van der Waals surface area contributed by atoms with Gasteiger partial charge in [0.1, 0.15) is 82.2 Å². The number of likely N-dealkylation sites (tertiary alicyclic amines) is 1. The molecule has 0 aromatic heterocycles.